The van der Waals surface area contributed by atoms with Gasteiger partial charge in [-0.25, -0.2) is 0 Å². The van der Waals surface area contributed by atoms with Crippen molar-refractivity contribution in [1.29, 1.82) is 0 Å². The molecule has 5 heteroatoms. The fourth-order valence-electron chi connectivity index (χ4n) is 12.4. The fraction of sp³-hybridized carbons (Fsp3) is 0.0909. The van der Waals surface area contributed by atoms with Gasteiger partial charge < -0.3 is 18.3 Å². The first kappa shape index (κ1) is 40.4. The minimum Gasteiger partial charge on any atom is -0.458 e. The average Bonchev–Trinajstić information content (AvgIpc) is 4.05. The summed E-state index contributed by atoms with van der Waals surface area (Å²) in [4.78, 5) is 0. The van der Waals surface area contributed by atoms with Crippen LogP contribution in [0, 0.1) is 6.92 Å². The maximum Gasteiger partial charge on any atom is 0.256 e. The van der Waals surface area contributed by atoms with Crippen LogP contribution in [0.4, 0.5) is 0 Å². The zero-order chi connectivity index (χ0) is 47.3. The molecule has 10 aromatic carbocycles. The zero-order valence-corrected chi connectivity index (χ0v) is 40.0. The second kappa shape index (κ2) is 14.7. The van der Waals surface area contributed by atoms with Crippen LogP contribution in [-0.2, 0) is 11.8 Å². The Hall–Kier alpha value is -8.54. The summed E-state index contributed by atoms with van der Waals surface area (Å²) in [6.45, 7) is 8.97. The number of para-hydroxylation sites is 2. The summed E-state index contributed by atoms with van der Waals surface area (Å²) < 4.78 is 19.0. The predicted octanol–water partition coefficient (Wildman–Crippen LogP) is 15.2. The Morgan fingerprint density at radius 3 is 2.08 bits per heavy atom. The van der Waals surface area contributed by atoms with Gasteiger partial charge in [0, 0.05) is 43.8 Å². The largest absolute Gasteiger partial charge is 0.458 e. The third-order valence-electron chi connectivity index (χ3n) is 15.7. The van der Waals surface area contributed by atoms with Crippen molar-refractivity contribution in [2.24, 2.45) is 0 Å². The molecule has 0 saturated carbocycles. The molecule has 0 spiro atoms. The van der Waals surface area contributed by atoms with Gasteiger partial charge in [0.25, 0.3) is 6.71 Å². The number of hydrogen-bond acceptors (Lipinski definition) is 2. The monoisotopic (exact) mass is 910 g/mol. The first-order chi connectivity index (χ1) is 34.7. The summed E-state index contributed by atoms with van der Waals surface area (Å²) in [7, 11) is 0. The Balaban J connectivity index is 0.978. The minimum absolute atomic E-state index is 0.0292. The van der Waals surface area contributed by atoms with Crippen LogP contribution in [0.25, 0.3) is 99.2 Å². The highest BCUT2D eigenvalue weighted by molar-refractivity contribution is 6.99. The lowest BCUT2D eigenvalue weighted by Gasteiger charge is -2.34. The SMILES string of the molecule is Cc1ccccc1-c1ccccc1Cc1ccc2oc3c(ccc4c3c3cc(-c5cccc(-n6c7ccccc7c7ccccc76)c5)cc5c3n4-c3cccc4c3B5c3ccc(C(C)(C)C)cc3O4)c2c1. The van der Waals surface area contributed by atoms with Crippen molar-refractivity contribution in [3.63, 3.8) is 0 Å². The lowest BCUT2D eigenvalue weighted by Crippen LogP contribution is -2.58. The van der Waals surface area contributed by atoms with E-state index in [9.17, 15) is 0 Å². The molecule has 0 unspecified atom stereocenters. The second-order valence-corrected chi connectivity index (χ2v) is 20.9. The van der Waals surface area contributed by atoms with Crippen LogP contribution in [0.5, 0.6) is 11.5 Å². The number of nitrogens with zero attached hydrogens (tertiary/aromatic N) is 2. The molecular formula is C66H47BN2O2. The number of aryl methyl sites for hydroxylation is 1. The number of benzene rings is 10. The number of rotatable bonds is 5. The van der Waals surface area contributed by atoms with Gasteiger partial charge in [-0.2, -0.15) is 0 Å². The summed E-state index contributed by atoms with van der Waals surface area (Å²) in [5, 5.41) is 7.07. The summed E-state index contributed by atoms with van der Waals surface area (Å²) in [5.41, 5.74) is 22.4. The lowest BCUT2D eigenvalue weighted by atomic mass is 9.34. The van der Waals surface area contributed by atoms with Gasteiger partial charge in [0.15, 0.2) is 0 Å². The molecule has 2 aliphatic rings. The van der Waals surface area contributed by atoms with Crippen molar-refractivity contribution >= 4 is 88.7 Å². The van der Waals surface area contributed by atoms with Crippen molar-refractivity contribution in [3.05, 3.63) is 222 Å². The van der Waals surface area contributed by atoms with E-state index >= 15 is 0 Å². The van der Waals surface area contributed by atoms with Crippen molar-refractivity contribution in [1.82, 2.24) is 9.13 Å². The summed E-state index contributed by atoms with van der Waals surface area (Å²) in [5.74, 6) is 1.84. The van der Waals surface area contributed by atoms with Crippen LogP contribution in [0.2, 0.25) is 0 Å². The summed E-state index contributed by atoms with van der Waals surface area (Å²) in [6, 6.07) is 73.9. The Bertz CT molecular complexity index is 4370. The lowest BCUT2D eigenvalue weighted by molar-refractivity contribution is 0.483. The van der Waals surface area contributed by atoms with E-state index in [1.54, 1.807) is 0 Å². The molecule has 0 aliphatic carbocycles. The molecule has 0 amide bonds. The van der Waals surface area contributed by atoms with E-state index in [1.807, 2.05) is 0 Å². The van der Waals surface area contributed by atoms with Gasteiger partial charge in [-0.05, 0) is 152 Å². The summed E-state index contributed by atoms with van der Waals surface area (Å²) >= 11 is 0. The topological polar surface area (TPSA) is 32.2 Å². The van der Waals surface area contributed by atoms with Crippen molar-refractivity contribution in [2.75, 3.05) is 0 Å². The van der Waals surface area contributed by atoms with Crippen LogP contribution in [0.15, 0.2) is 205 Å². The molecule has 0 saturated heterocycles. The Labute approximate surface area is 412 Å². The van der Waals surface area contributed by atoms with Gasteiger partial charge >= 0.3 is 0 Å². The molecule has 2 aliphatic heterocycles. The van der Waals surface area contributed by atoms with E-state index in [1.165, 1.54) is 82.5 Å². The highest BCUT2D eigenvalue weighted by Gasteiger charge is 2.41. The van der Waals surface area contributed by atoms with Gasteiger partial charge in [0.1, 0.15) is 22.7 Å². The van der Waals surface area contributed by atoms with Gasteiger partial charge in [0.05, 0.1) is 21.9 Å². The molecule has 71 heavy (non-hydrogen) atoms. The molecule has 0 N–H and O–H groups in total. The van der Waals surface area contributed by atoms with E-state index in [-0.39, 0.29) is 12.1 Å². The zero-order valence-electron chi connectivity index (χ0n) is 40.0. The first-order valence-electron chi connectivity index (χ1n) is 24.9. The predicted molar refractivity (Wildman–Crippen MR) is 297 cm³/mol. The van der Waals surface area contributed by atoms with E-state index in [2.05, 4.69) is 237 Å². The van der Waals surface area contributed by atoms with Crippen molar-refractivity contribution < 1.29 is 9.15 Å². The molecule has 5 heterocycles. The highest BCUT2D eigenvalue weighted by atomic mass is 16.5. The Morgan fingerprint density at radius 2 is 1.27 bits per heavy atom. The molecule has 15 rings (SSSR count). The molecule has 0 atom stereocenters. The second-order valence-electron chi connectivity index (χ2n) is 20.9. The van der Waals surface area contributed by atoms with E-state index in [0.29, 0.717) is 0 Å². The van der Waals surface area contributed by atoms with E-state index in [4.69, 9.17) is 9.15 Å². The van der Waals surface area contributed by atoms with Crippen molar-refractivity contribution in [2.45, 2.75) is 39.5 Å². The Morgan fingerprint density at radius 1 is 0.507 bits per heavy atom. The third-order valence-corrected chi connectivity index (χ3v) is 15.7. The van der Waals surface area contributed by atoms with Crippen molar-refractivity contribution in [3.8, 4) is 45.1 Å². The normalized spacial score (nSPS) is 12.9. The molecule has 336 valence electrons. The maximum absolute atomic E-state index is 7.14. The highest BCUT2D eigenvalue weighted by Crippen LogP contribution is 2.45. The van der Waals surface area contributed by atoms with E-state index in [0.717, 1.165) is 73.3 Å². The molecular weight excluding hydrogens is 864 g/mol. The smallest absolute Gasteiger partial charge is 0.256 e. The van der Waals surface area contributed by atoms with E-state index < -0.39 is 0 Å². The van der Waals surface area contributed by atoms with Crippen LogP contribution in [0.1, 0.15) is 43.0 Å². The molecule has 0 bridgehead atoms. The number of ether oxygens (including phenoxy) is 1. The Kier molecular flexibility index (Phi) is 8.38. The number of aromatic nitrogens is 2. The standard InChI is InChI=1S/C66H47BN2O2/c1-39-15-5-7-19-46(39)47-20-8-6-16-42(47)33-40-27-32-59-51(34-40)50-29-31-57-62(65(50)71-59)52-36-43(41-17-13-18-45(35-41)68-55-23-11-9-21-48(55)49-22-10-12-24-56(49)68)37-54-64(52)69(57)58-25-14-26-60-63(58)67(54)53-30-28-44(66(2,3)4)38-61(53)70-60/h5-32,34-38H,33H2,1-4H3. The number of fused-ring (bicyclic) bond motifs is 14. The number of hydrogen-bond donors (Lipinski definition) is 0. The average molecular weight is 911 g/mol. The minimum atomic E-state index is -0.0463. The van der Waals surface area contributed by atoms with Crippen LogP contribution >= 0.6 is 0 Å². The molecule has 13 aromatic rings. The van der Waals surface area contributed by atoms with Gasteiger partial charge in [-0.1, -0.05) is 148 Å². The number of furan rings is 1. The van der Waals surface area contributed by atoms with Crippen LogP contribution in [0.3, 0.4) is 0 Å². The van der Waals surface area contributed by atoms with Gasteiger partial charge in [-0.15, -0.1) is 0 Å². The quantitative estimate of drug-likeness (QED) is 0.161. The van der Waals surface area contributed by atoms with Crippen LogP contribution < -0.4 is 21.1 Å². The molecule has 4 nitrogen and oxygen atoms in total. The maximum atomic E-state index is 7.14. The first-order valence-corrected chi connectivity index (χ1v) is 24.9. The van der Waals surface area contributed by atoms with Gasteiger partial charge in [-0.3, -0.25) is 0 Å². The van der Waals surface area contributed by atoms with Gasteiger partial charge in [0.2, 0.25) is 0 Å². The molecule has 0 fully saturated rings. The fourth-order valence-corrected chi connectivity index (χ4v) is 12.4. The van der Waals surface area contributed by atoms with Crippen LogP contribution in [-0.4, -0.2) is 15.8 Å². The third kappa shape index (κ3) is 5.87. The molecule has 0 radical (unpaired) electrons. The summed E-state index contributed by atoms with van der Waals surface area (Å²) in [6.07, 6.45) is 0.816. The molecule has 3 aromatic heterocycles.